The van der Waals surface area contributed by atoms with Gasteiger partial charge >= 0.3 is 5.97 Å². The number of carboxylic acid groups (broad SMARTS) is 1. The number of likely N-dealkylation sites (tertiary alicyclic amines) is 1. The quantitative estimate of drug-likeness (QED) is 0.0602. The summed E-state index contributed by atoms with van der Waals surface area (Å²) >= 11 is 2.85. The molecule has 5 heterocycles. The number of rotatable bonds is 18. The zero-order chi connectivity index (χ0) is 54.1. The van der Waals surface area contributed by atoms with Crippen molar-refractivity contribution in [3.05, 3.63) is 118 Å². The molecule has 0 spiro atoms. The Morgan fingerprint density at radius 2 is 1.78 bits per heavy atom. The number of likely N-dealkylation sites (N-methyl/N-ethyl adjacent to an activating group) is 1. The minimum absolute atomic E-state index is 0.00563. The normalized spacial score (nSPS) is 17.1. The number of aliphatic hydroxyl groups is 1. The number of para-hydroxylation sites is 1. The summed E-state index contributed by atoms with van der Waals surface area (Å²) in [6.07, 6.45) is -0.156. The zero-order valence-corrected chi connectivity index (χ0v) is 44.5. The Morgan fingerprint density at radius 3 is 2.50 bits per heavy atom. The fraction of sp³-hybridized carbons (Fsp3) is 0.400. The van der Waals surface area contributed by atoms with Crippen LogP contribution in [0.1, 0.15) is 95.2 Å². The predicted octanol–water partition coefficient (Wildman–Crippen LogP) is 6.72. The van der Waals surface area contributed by atoms with Crippen LogP contribution in [0.2, 0.25) is 0 Å². The van der Waals surface area contributed by atoms with Crippen LogP contribution in [0, 0.1) is 12.3 Å². The van der Waals surface area contributed by atoms with E-state index in [9.17, 15) is 43.4 Å². The first-order valence-corrected chi connectivity index (χ1v) is 26.9. The Hall–Kier alpha value is -7.36. The minimum Gasteiger partial charge on any atom is -0.491 e. The van der Waals surface area contributed by atoms with E-state index < -0.39 is 53.0 Å². The Bertz CT molecular complexity index is 3190. The summed E-state index contributed by atoms with van der Waals surface area (Å²) in [4.78, 5) is 99.5. The maximum Gasteiger partial charge on any atom is 0.354 e. The number of thiazole rings is 2. The van der Waals surface area contributed by atoms with Crippen molar-refractivity contribution in [3.63, 3.8) is 0 Å². The van der Waals surface area contributed by atoms with E-state index in [-0.39, 0.29) is 75.9 Å². The molecule has 21 heteroatoms. The highest BCUT2D eigenvalue weighted by Gasteiger charge is 2.53. The lowest BCUT2D eigenvalue weighted by molar-refractivity contribution is -0.145. The van der Waals surface area contributed by atoms with Crippen LogP contribution in [-0.2, 0) is 45.1 Å². The number of hydrogen-bond acceptors (Lipinski definition) is 14. The van der Waals surface area contributed by atoms with Gasteiger partial charge in [0.15, 0.2) is 16.5 Å². The van der Waals surface area contributed by atoms with Crippen LogP contribution >= 0.6 is 22.7 Å². The van der Waals surface area contributed by atoms with Gasteiger partial charge in [-0.1, -0.05) is 74.6 Å². The first kappa shape index (κ1) is 53.5. The molecular formula is C55H60FN9O9S2. The number of ether oxygens (including phenoxy) is 1. The molecule has 1 saturated heterocycles. The Morgan fingerprint density at radius 1 is 1.00 bits per heavy atom. The molecule has 1 aliphatic carbocycles. The monoisotopic (exact) mass is 1070 g/mol. The summed E-state index contributed by atoms with van der Waals surface area (Å²) in [5.41, 5.74) is 4.52. The smallest absolute Gasteiger partial charge is 0.354 e. The number of β-amino-alcohol motifs (C(OH)–C–C–N with tert-alkyl or cyclic N) is 1. The Kier molecular flexibility index (Phi) is 15.5. The molecule has 5 N–H and O–H groups in total. The van der Waals surface area contributed by atoms with E-state index in [0.717, 1.165) is 37.5 Å². The molecule has 5 amide bonds. The predicted molar refractivity (Wildman–Crippen MR) is 286 cm³/mol. The lowest BCUT2D eigenvalue weighted by atomic mass is 9.85. The number of aromatic nitrogens is 3. The molecule has 76 heavy (non-hydrogen) atoms. The van der Waals surface area contributed by atoms with Crippen molar-refractivity contribution in [1.82, 2.24) is 35.4 Å². The van der Waals surface area contributed by atoms with Gasteiger partial charge in [-0.15, -0.1) is 11.3 Å². The highest BCUT2D eigenvalue weighted by Crippen LogP contribution is 2.41. The number of pyridine rings is 1. The number of anilines is 2. The summed E-state index contributed by atoms with van der Waals surface area (Å²) in [6.45, 7) is 8.06. The van der Waals surface area contributed by atoms with Crippen LogP contribution in [0.5, 0.6) is 5.75 Å². The average Bonchev–Trinajstić information content (AvgIpc) is 3.65. The van der Waals surface area contributed by atoms with Gasteiger partial charge in [0, 0.05) is 57.2 Å². The number of alkyl halides is 1. The van der Waals surface area contributed by atoms with Crippen molar-refractivity contribution in [2.75, 3.05) is 43.5 Å². The number of amides is 5. The molecule has 18 nitrogen and oxygen atoms in total. The van der Waals surface area contributed by atoms with Gasteiger partial charge in [0.25, 0.3) is 11.8 Å². The van der Waals surface area contributed by atoms with Crippen molar-refractivity contribution >= 4 is 79.3 Å². The number of carbonyl (C=O) groups is 6. The van der Waals surface area contributed by atoms with Crippen molar-refractivity contribution in [1.29, 1.82) is 0 Å². The number of fused-ring (bicyclic) bond motifs is 2. The largest absolute Gasteiger partial charge is 0.491 e. The number of halogens is 1. The highest BCUT2D eigenvalue weighted by atomic mass is 32.1. The lowest BCUT2D eigenvalue weighted by Gasteiger charge is -2.35. The third-order valence-electron chi connectivity index (χ3n) is 14.1. The summed E-state index contributed by atoms with van der Waals surface area (Å²) in [5.74, 6) is -2.88. The first-order chi connectivity index (χ1) is 36.3. The number of carbonyl (C=O) groups excluding carboxylic acids is 5. The Labute approximate surface area is 446 Å². The maximum atomic E-state index is 14.7. The van der Waals surface area contributed by atoms with Crippen molar-refractivity contribution < 1.29 is 48.1 Å². The van der Waals surface area contributed by atoms with E-state index >= 15 is 0 Å². The second-order valence-corrected chi connectivity index (χ2v) is 22.5. The SMILES string of the molecule is Cc1ncsc1-c1ccc(CNC(=O)[C@@H]2C[C@@H](O)CN2C(=O)[C@@H](NC(=O)C2(F)CC2)C(C)(C)C)c(OCCN(C)C(=O)CCc2ccc(N3CCc4cccc(C(=O)Nc5nc6ccccc6s5)c4C3)nc2C(=O)O)c1. The molecule has 2 fully saturated rings. The number of benzene rings is 3. The fourth-order valence-corrected chi connectivity index (χ4v) is 11.2. The third-order valence-corrected chi connectivity index (χ3v) is 16.0. The highest BCUT2D eigenvalue weighted by molar-refractivity contribution is 7.22. The molecule has 3 aromatic carbocycles. The van der Waals surface area contributed by atoms with Crippen LogP contribution in [0.3, 0.4) is 0 Å². The van der Waals surface area contributed by atoms with Crippen LogP contribution in [0.25, 0.3) is 20.7 Å². The molecule has 0 bridgehead atoms. The summed E-state index contributed by atoms with van der Waals surface area (Å²) in [6, 6.07) is 20.0. The van der Waals surface area contributed by atoms with E-state index in [2.05, 4.69) is 30.9 Å². The number of aryl methyl sites for hydroxylation is 2. The number of carboxylic acids is 1. The van der Waals surface area contributed by atoms with Gasteiger partial charge in [-0.3, -0.25) is 29.3 Å². The van der Waals surface area contributed by atoms with E-state index in [0.29, 0.717) is 52.9 Å². The number of nitrogens with one attached hydrogen (secondary N) is 3. The average molecular weight is 1070 g/mol. The molecule has 398 valence electrons. The molecule has 0 unspecified atom stereocenters. The molecule has 3 aliphatic rings. The first-order valence-electron chi connectivity index (χ1n) is 25.2. The molecule has 9 rings (SSSR count). The van der Waals surface area contributed by atoms with Gasteiger partial charge in [-0.25, -0.2) is 24.1 Å². The van der Waals surface area contributed by atoms with Crippen molar-refractivity contribution in [3.8, 4) is 16.2 Å². The fourth-order valence-electron chi connectivity index (χ4n) is 9.54. The number of aliphatic hydroxyl groups excluding tert-OH is 1. The summed E-state index contributed by atoms with van der Waals surface area (Å²) in [7, 11) is 1.63. The van der Waals surface area contributed by atoms with Gasteiger partial charge in [0.1, 0.15) is 30.3 Å². The summed E-state index contributed by atoms with van der Waals surface area (Å²) < 4.78 is 22.0. The molecule has 1 saturated carbocycles. The van der Waals surface area contributed by atoms with Crippen LogP contribution < -0.4 is 25.6 Å². The standard InChI is InChI=1S/C55H60FN9O9S2/c1-31-46(75-30-58-31)34-13-14-35(27-57-49(69)40-26-36(66)28-65(40)50(70)47(54(2,3)4)61-52(73)55(56)20-21-55)41(25-34)74-24-23-63(5)44(67)18-16-33-15-17-43(60-45(33)51(71)72)64-22-19-32-9-8-10-37(38(32)29-64)48(68)62-53-59-39-11-6-7-12-42(39)76-53/h6-15,17,25,30,36,40,47,66H,16,18-24,26-29H2,1-5H3,(H,57,69)(H,61,73)(H,71,72)(H,59,62,68)/t36-,40+,47-/m1/s1. The van der Waals surface area contributed by atoms with E-state index in [4.69, 9.17) is 4.74 Å². The number of hydrogen-bond donors (Lipinski definition) is 5. The Balaban J connectivity index is 0.817. The molecule has 6 aromatic rings. The summed E-state index contributed by atoms with van der Waals surface area (Å²) in [5, 5.41) is 29.9. The van der Waals surface area contributed by atoms with Gasteiger partial charge in [-0.05, 0) is 90.6 Å². The maximum absolute atomic E-state index is 14.7. The van der Waals surface area contributed by atoms with Gasteiger partial charge < -0.3 is 40.3 Å². The molecule has 0 radical (unpaired) electrons. The van der Waals surface area contributed by atoms with Gasteiger partial charge in [0.2, 0.25) is 17.7 Å². The van der Waals surface area contributed by atoms with Crippen LogP contribution in [-0.4, -0.2) is 128 Å². The van der Waals surface area contributed by atoms with E-state index in [1.165, 1.54) is 32.5 Å². The molecule has 3 aromatic heterocycles. The zero-order valence-electron chi connectivity index (χ0n) is 42.9. The topological polar surface area (TPSA) is 237 Å². The number of nitrogens with zero attached hydrogens (tertiary/aromatic N) is 6. The van der Waals surface area contributed by atoms with Crippen molar-refractivity contribution in [2.24, 2.45) is 5.41 Å². The third kappa shape index (κ3) is 11.9. The van der Waals surface area contributed by atoms with E-state index in [1.54, 1.807) is 51.5 Å². The van der Waals surface area contributed by atoms with Crippen molar-refractivity contribution in [2.45, 2.75) is 103 Å². The van der Waals surface area contributed by atoms with Crippen LogP contribution in [0.4, 0.5) is 15.3 Å². The second-order valence-electron chi connectivity index (χ2n) is 20.6. The van der Waals surface area contributed by atoms with E-state index in [1.807, 2.05) is 66.4 Å². The molecule has 3 atom stereocenters. The molecule has 2 aliphatic heterocycles. The van der Waals surface area contributed by atoms with Gasteiger partial charge in [0.05, 0.1) is 38.9 Å². The molecular weight excluding hydrogens is 1010 g/mol. The number of aromatic carboxylic acids is 1. The van der Waals surface area contributed by atoms with Gasteiger partial charge in [-0.2, -0.15) is 0 Å². The second kappa shape index (κ2) is 22.1. The lowest BCUT2D eigenvalue weighted by Crippen LogP contribution is -2.59. The van der Waals surface area contributed by atoms with Crippen LogP contribution in [0.15, 0.2) is 78.3 Å². The minimum atomic E-state index is -2.01.